The van der Waals surface area contributed by atoms with Crippen LogP contribution in [0.2, 0.25) is 0 Å². The Morgan fingerprint density at radius 2 is 2.08 bits per heavy atom. The summed E-state index contributed by atoms with van der Waals surface area (Å²) < 4.78 is 0. The van der Waals surface area contributed by atoms with Crippen LogP contribution in [0.15, 0.2) is 34.9 Å². The van der Waals surface area contributed by atoms with E-state index in [9.17, 15) is 15.3 Å². The molecule has 3 rings (SSSR count). The average Bonchev–Trinajstić information content (AvgIpc) is 2.92. The molecule has 0 unspecified atom stereocenters. The molecular weight excluding hydrogens is 300 g/mol. The largest absolute Gasteiger partial charge is 0.394 e. The molecule has 3 N–H and O–H groups in total. The maximum atomic E-state index is 10.2. The third-order valence-corrected chi connectivity index (χ3v) is 6.86. The van der Waals surface area contributed by atoms with Gasteiger partial charge in [0.25, 0.3) is 0 Å². The fourth-order valence-corrected chi connectivity index (χ4v) is 5.29. The molecule has 0 aliphatic heterocycles. The minimum atomic E-state index is -0.596. The van der Waals surface area contributed by atoms with Crippen LogP contribution in [0.4, 0.5) is 0 Å². The highest BCUT2D eigenvalue weighted by Gasteiger charge is 2.50. The Hall–Kier alpha value is -0.900. The van der Waals surface area contributed by atoms with Gasteiger partial charge in [0.1, 0.15) is 0 Å². The van der Waals surface area contributed by atoms with Crippen molar-refractivity contribution in [2.45, 2.75) is 71.0 Å². The fourth-order valence-electron chi connectivity index (χ4n) is 5.29. The summed E-state index contributed by atoms with van der Waals surface area (Å²) >= 11 is 0. The number of hydrogen-bond acceptors (Lipinski definition) is 3. The van der Waals surface area contributed by atoms with Gasteiger partial charge in [-0.15, -0.1) is 0 Å². The van der Waals surface area contributed by atoms with E-state index in [2.05, 4.69) is 32.1 Å². The molecule has 0 bridgehead atoms. The average molecular weight is 332 g/mol. The second kappa shape index (κ2) is 7.15. The second-order valence-corrected chi connectivity index (χ2v) is 8.27. The van der Waals surface area contributed by atoms with E-state index in [-0.39, 0.29) is 24.0 Å². The van der Waals surface area contributed by atoms with Crippen molar-refractivity contribution >= 4 is 0 Å². The molecule has 3 heteroatoms. The van der Waals surface area contributed by atoms with Gasteiger partial charge in [0.15, 0.2) is 0 Å². The highest BCUT2D eigenvalue weighted by molar-refractivity contribution is 5.36. The quantitative estimate of drug-likeness (QED) is 0.738. The minimum Gasteiger partial charge on any atom is -0.394 e. The molecule has 0 radical (unpaired) electrons. The summed E-state index contributed by atoms with van der Waals surface area (Å²) in [6.45, 7) is 4.34. The van der Waals surface area contributed by atoms with Crippen LogP contribution in [0.1, 0.15) is 58.8 Å². The van der Waals surface area contributed by atoms with Crippen molar-refractivity contribution in [2.24, 2.45) is 17.3 Å². The van der Waals surface area contributed by atoms with Crippen LogP contribution in [0.25, 0.3) is 0 Å². The van der Waals surface area contributed by atoms with Crippen molar-refractivity contribution in [2.75, 3.05) is 6.61 Å². The smallest absolute Gasteiger partial charge is 0.0804 e. The van der Waals surface area contributed by atoms with Crippen LogP contribution >= 0.6 is 0 Å². The van der Waals surface area contributed by atoms with Gasteiger partial charge < -0.3 is 15.3 Å². The molecule has 3 nitrogen and oxygen atoms in total. The lowest BCUT2D eigenvalue weighted by atomic mass is 9.64. The summed E-state index contributed by atoms with van der Waals surface area (Å²) in [5, 5.41) is 29.5. The lowest BCUT2D eigenvalue weighted by Gasteiger charge is -2.42. The Morgan fingerprint density at radius 3 is 2.83 bits per heavy atom. The maximum Gasteiger partial charge on any atom is 0.0804 e. The summed E-state index contributed by atoms with van der Waals surface area (Å²) in [5.41, 5.74) is 4.16. The number of aliphatic hydroxyl groups is 3. The Kier molecular flexibility index (Phi) is 5.33. The molecule has 3 aliphatic carbocycles. The number of fused-ring (bicyclic) bond motifs is 1. The predicted octanol–water partition coefficient (Wildman–Crippen LogP) is 3.51. The minimum absolute atomic E-state index is 0.0894. The van der Waals surface area contributed by atoms with E-state index in [0.29, 0.717) is 5.92 Å². The maximum absolute atomic E-state index is 10.2. The van der Waals surface area contributed by atoms with Crippen molar-refractivity contribution in [3.8, 4) is 0 Å². The zero-order valence-electron chi connectivity index (χ0n) is 15.0. The van der Waals surface area contributed by atoms with E-state index in [0.717, 1.165) is 44.9 Å². The van der Waals surface area contributed by atoms with E-state index in [4.69, 9.17) is 0 Å². The zero-order chi connectivity index (χ0) is 17.3. The van der Waals surface area contributed by atoms with Crippen molar-refractivity contribution in [1.82, 2.24) is 0 Å². The fraction of sp³-hybridized carbons (Fsp3) is 0.714. The van der Waals surface area contributed by atoms with Gasteiger partial charge in [-0.3, -0.25) is 0 Å². The molecule has 1 saturated carbocycles. The van der Waals surface area contributed by atoms with E-state index >= 15 is 0 Å². The van der Waals surface area contributed by atoms with Gasteiger partial charge >= 0.3 is 0 Å². The summed E-state index contributed by atoms with van der Waals surface area (Å²) in [5.74, 6) is 0.671. The first-order valence-electron chi connectivity index (χ1n) is 9.49. The van der Waals surface area contributed by atoms with Crippen LogP contribution in [0.3, 0.4) is 0 Å². The molecule has 24 heavy (non-hydrogen) atoms. The van der Waals surface area contributed by atoms with E-state index < -0.39 is 6.10 Å². The lowest BCUT2D eigenvalue weighted by Crippen LogP contribution is -2.39. The molecule has 0 saturated heterocycles. The van der Waals surface area contributed by atoms with Crippen LogP contribution in [-0.2, 0) is 0 Å². The van der Waals surface area contributed by atoms with E-state index in [1.807, 2.05) is 0 Å². The third kappa shape index (κ3) is 3.26. The molecule has 5 atom stereocenters. The summed E-state index contributed by atoms with van der Waals surface area (Å²) in [6.07, 6.45) is 12.9. The van der Waals surface area contributed by atoms with Crippen molar-refractivity contribution in [1.29, 1.82) is 0 Å². The first-order valence-corrected chi connectivity index (χ1v) is 9.49. The monoisotopic (exact) mass is 332 g/mol. The Labute approximate surface area is 145 Å². The van der Waals surface area contributed by atoms with Gasteiger partial charge in [0.2, 0.25) is 0 Å². The molecule has 0 aromatic carbocycles. The zero-order valence-corrected chi connectivity index (χ0v) is 15.0. The molecule has 0 aromatic rings. The molecular formula is C21H32O3. The lowest BCUT2D eigenvalue weighted by molar-refractivity contribution is -0.00841. The van der Waals surface area contributed by atoms with Crippen LogP contribution in [0.5, 0.6) is 0 Å². The summed E-state index contributed by atoms with van der Waals surface area (Å²) in [4.78, 5) is 0. The highest BCUT2D eigenvalue weighted by atomic mass is 16.3. The standard InChI is InChI=1S/C21H32O3/c1-14-5-8-17(23)12-16(14)7-6-15-4-3-11-21(2)18(15)9-10-19(21)20(24)13-22/h4,6-7,17-20,22-24H,3,5,8-13H2,1-2H3/t17-,18-,19+,20-,21-/m0/s1. The van der Waals surface area contributed by atoms with Gasteiger partial charge in [0.05, 0.1) is 18.8 Å². The molecule has 134 valence electrons. The Morgan fingerprint density at radius 1 is 1.29 bits per heavy atom. The Bertz CT molecular complexity index is 559. The van der Waals surface area contributed by atoms with Crippen LogP contribution in [0, 0.1) is 17.3 Å². The van der Waals surface area contributed by atoms with Crippen molar-refractivity contribution < 1.29 is 15.3 Å². The van der Waals surface area contributed by atoms with Gasteiger partial charge in [0, 0.05) is 0 Å². The molecule has 3 aliphatic rings. The van der Waals surface area contributed by atoms with Crippen LogP contribution < -0.4 is 0 Å². The number of aliphatic hydroxyl groups excluding tert-OH is 3. The summed E-state index contributed by atoms with van der Waals surface area (Å²) in [6, 6.07) is 0. The second-order valence-electron chi connectivity index (χ2n) is 8.27. The molecule has 0 spiro atoms. The van der Waals surface area contributed by atoms with E-state index in [1.54, 1.807) is 0 Å². The first-order chi connectivity index (χ1) is 11.5. The van der Waals surface area contributed by atoms with Crippen molar-refractivity contribution in [3.63, 3.8) is 0 Å². The summed E-state index contributed by atoms with van der Waals surface area (Å²) in [7, 11) is 0. The number of rotatable bonds is 4. The topological polar surface area (TPSA) is 60.7 Å². The number of allylic oxidation sites excluding steroid dienone is 5. The SMILES string of the molecule is CC1=C(C=CC2=CCC[C@]3(C)[C@@H]([C@@H](O)CO)CC[C@@H]23)C[C@@H](O)CC1. The van der Waals surface area contributed by atoms with E-state index in [1.165, 1.54) is 16.7 Å². The van der Waals surface area contributed by atoms with Gasteiger partial charge in [-0.25, -0.2) is 0 Å². The number of hydrogen-bond donors (Lipinski definition) is 3. The molecule has 0 aromatic heterocycles. The van der Waals surface area contributed by atoms with Gasteiger partial charge in [-0.05, 0) is 80.3 Å². The normalized spacial score (nSPS) is 38.4. The highest BCUT2D eigenvalue weighted by Crippen LogP contribution is 2.57. The van der Waals surface area contributed by atoms with Crippen molar-refractivity contribution in [3.05, 3.63) is 34.9 Å². The molecule has 0 heterocycles. The molecule has 1 fully saturated rings. The Balaban J connectivity index is 1.78. The van der Waals surface area contributed by atoms with Crippen LogP contribution in [-0.4, -0.2) is 34.1 Å². The first kappa shape index (κ1) is 17.9. The third-order valence-electron chi connectivity index (χ3n) is 6.86. The predicted molar refractivity (Wildman–Crippen MR) is 96.4 cm³/mol. The van der Waals surface area contributed by atoms with Gasteiger partial charge in [-0.2, -0.15) is 0 Å². The van der Waals surface area contributed by atoms with Gasteiger partial charge in [-0.1, -0.05) is 30.7 Å². The molecule has 0 amide bonds.